The second-order valence-electron chi connectivity index (χ2n) is 6.91. The molecule has 1 aromatic heterocycles. The first-order chi connectivity index (χ1) is 14.5. The average Bonchev–Trinajstić information content (AvgIpc) is 2.74. The molecule has 6 nitrogen and oxygen atoms in total. The van der Waals surface area contributed by atoms with Crippen molar-refractivity contribution in [1.29, 1.82) is 0 Å². The monoisotopic (exact) mass is 422 g/mol. The number of anilines is 1. The number of benzene rings is 2. The number of rotatable bonds is 8. The van der Waals surface area contributed by atoms with Gasteiger partial charge >= 0.3 is 0 Å². The van der Waals surface area contributed by atoms with Crippen LogP contribution in [0.15, 0.2) is 47.3 Å². The van der Waals surface area contributed by atoms with Crippen LogP contribution in [0.2, 0.25) is 0 Å². The van der Waals surface area contributed by atoms with Crippen molar-refractivity contribution in [3.8, 4) is 12.3 Å². The summed E-state index contributed by atoms with van der Waals surface area (Å²) in [5.74, 6) is 3.63. The molecule has 1 heterocycles. The van der Waals surface area contributed by atoms with Crippen LogP contribution in [0.4, 0.5) is 5.69 Å². The lowest BCUT2D eigenvalue weighted by molar-refractivity contribution is 0.0954. The molecule has 0 saturated carbocycles. The van der Waals surface area contributed by atoms with E-state index < -0.39 is 0 Å². The quantitative estimate of drug-likeness (QED) is 0.332. The molecule has 0 spiro atoms. The normalized spacial score (nSPS) is 10.6. The number of aromatic nitrogens is 2. The zero-order chi connectivity index (χ0) is 21.5. The topological polar surface area (TPSA) is 78.1 Å². The van der Waals surface area contributed by atoms with E-state index in [1.165, 1.54) is 0 Å². The highest BCUT2D eigenvalue weighted by molar-refractivity contribution is 6.17. The number of carbonyl (C=O) groups is 1. The van der Waals surface area contributed by atoms with Gasteiger partial charge in [0.05, 0.1) is 17.4 Å². The summed E-state index contributed by atoms with van der Waals surface area (Å²) in [6.07, 6.45) is 6.29. The Morgan fingerprint density at radius 2 is 2.03 bits per heavy atom. The summed E-state index contributed by atoms with van der Waals surface area (Å²) in [6.45, 7) is 3.21. The molecule has 0 bridgehead atoms. The molecule has 0 fully saturated rings. The Morgan fingerprint density at radius 1 is 1.27 bits per heavy atom. The van der Waals surface area contributed by atoms with Crippen molar-refractivity contribution in [2.45, 2.75) is 19.9 Å². The molecule has 0 aliphatic rings. The van der Waals surface area contributed by atoms with Crippen LogP contribution in [-0.4, -0.2) is 34.8 Å². The highest BCUT2D eigenvalue weighted by Gasteiger charge is 2.11. The SMILES string of the molecule is C#CCN(Cc1ccc2nc(C)[nH]c(=O)c2c1)c1ccc(C(=O)NCCCCl)cc1. The summed E-state index contributed by atoms with van der Waals surface area (Å²) in [4.78, 5) is 33.5. The van der Waals surface area contributed by atoms with Gasteiger partial charge < -0.3 is 15.2 Å². The molecule has 3 aromatic rings. The highest BCUT2D eigenvalue weighted by atomic mass is 35.5. The van der Waals surface area contributed by atoms with Gasteiger partial charge in [-0.25, -0.2) is 4.98 Å². The van der Waals surface area contributed by atoms with Gasteiger partial charge in [-0.05, 0) is 55.3 Å². The minimum Gasteiger partial charge on any atom is -0.356 e. The van der Waals surface area contributed by atoms with Crippen molar-refractivity contribution in [2.75, 3.05) is 23.9 Å². The van der Waals surface area contributed by atoms with Gasteiger partial charge in [-0.3, -0.25) is 9.59 Å². The first-order valence-electron chi connectivity index (χ1n) is 9.64. The molecule has 1 amide bonds. The van der Waals surface area contributed by atoms with Crippen LogP contribution in [0.1, 0.15) is 28.2 Å². The van der Waals surface area contributed by atoms with E-state index in [-0.39, 0.29) is 11.5 Å². The predicted octanol–water partition coefficient (Wildman–Crippen LogP) is 3.23. The number of carbonyl (C=O) groups excluding carboxylic acids is 1. The standard InChI is InChI=1S/C23H23ClN4O2/c1-3-13-28(19-8-6-18(7-9-19)22(29)25-12-4-11-24)15-17-5-10-21-20(14-17)23(30)27-16(2)26-21/h1,5-10,14H,4,11-13,15H2,2H3,(H,25,29)(H,26,27,30). The Bertz CT molecular complexity index is 1130. The number of terminal acetylenes is 1. The lowest BCUT2D eigenvalue weighted by atomic mass is 10.1. The molecule has 0 aliphatic carbocycles. The van der Waals surface area contributed by atoms with Crippen LogP contribution in [-0.2, 0) is 6.54 Å². The smallest absolute Gasteiger partial charge is 0.258 e. The summed E-state index contributed by atoms with van der Waals surface area (Å²) < 4.78 is 0. The molecule has 30 heavy (non-hydrogen) atoms. The van der Waals surface area contributed by atoms with Crippen molar-refractivity contribution in [2.24, 2.45) is 0 Å². The Morgan fingerprint density at radius 3 is 2.73 bits per heavy atom. The molecular weight excluding hydrogens is 400 g/mol. The second kappa shape index (κ2) is 9.95. The van der Waals surface area contributed by atoms with Gasteiger partial charge in [0.25, 0.3) is 11.5 Å². The van der Waals surface area contributed by atoms with Crippen molar-refractivity contribution >= 4 is 34.1 Å². The Kier molecular flexibility index (Phi) is 7.10. The highest BCUT2D eigenvalue weighted by Crippen LogP contribution is 2.19. The Balaban J connectivity index is 1.79. The number of nitrogens with one attached hydrogen (secondary N) is 2. The number of nitrogens with zero attached hydrogens (tertiary/aromatic N) is 2. The third-order valence-corrected chi connectivity index (χ3v) is 4.90. The first-order valence-corrected chi connectivity index (χ1v) is 10.2. The number of H-pyrrole nitrogens is 1. The van der Waals surface area contributed by atoms with Gasteiger partial charge in [0.1, 0.15) is 5.82 Å². The van der Waals surface area contributed by atoms with Crippen LogP contribution in [0.5, 0.6) is 0 Å². The zero-order valence-corrected chi connectivity index (χ0v) is 17.5. The number of alkyl halides is 1. The molecule has 2 N–H and O–H groups in total. The molecular formula is C23H23ClN4O2. The van der Waals surface area contributed by atoms with Crippen LogP contribution in [0, 0.1) is 19.3 Å². The van der Waals surface area contributed by atoms with Crippen LogP contribution in [0.3, 0.4) is 0 Å². The fraction of sp³-hybridized carbons (Fsp3) is 0.261. The fourth-order valence-corrected chi connectivity index (χ4v) is 3.30. The molecule has 0 unspecified atom stereocenters. The number of hydrogen-bond acceptors (Lipinski definition) is 4. The first kappa shape index (κ1) is 21.4. The van der Waals surface area contributed by atoms with E-state index >= 15 is 0 Å². The maximum Gasteiger partial charge on any atom is 0.258 e. The summed E-state index contributed by atoms with van der Waals surface area (Å²) in [6, 6.07) is 12.9. The molecule has 0 radical (unpaired) electrons. The van der Waals surface area contributed by atoms with E-state index in [1.807, 2.05) is 35.2 Å². The maximum atomic E-state index is 12.2. The van der Waals surface area contributed by atoms with Crippen molar-refractivity contribution < 1.29 is 4.79 Å². The van der Waals surface area contributed by atoms with Gasteiger partial charge in [0, 0.05) is 30.2 Å². The minimum atomic E-state index is -0.160. The van der Waals surface area contributed by atoms with E-state index in [0.29, 0.717) is 47.8 Å². The van der Waals surface area contributed by atoms with Gasteiger partial charge in [0.2, 0.25) is 0 Å². The number of amides is 1. The summed E-state index contributed by atoms with van der Waals surface area (Å²) in [7, 11) is 0. The molecule has 0 aliphatic heterocycles. The number of aromatic amines is 1. The van der Waals surface area contributed by atoms with E-state index in [0.717, 1.165) is 17.7 Å². The largest absolute Gasteiger partial charge is 0.356 e. The van der Waals surface area contributed by atoms with E-state index in [1.54, 1.807) is 19.1 Å². The van der Waals surface area contributed by atoms with Crippen LogP contribution in [0.25, 0.3) is 10.9 Å². The summed E-state index contributed by atoms with van der Waals surface area (Å²) in [5, 5.41) is 3.38. The Labute approximate surface area is 180 Å². The molecule has 7 heteroatoms. The lowest BCUT2D eigenvalue weighted by Crippen LogP contribution is -2.25. The van der Waals surface area contributed by atoms with Gasteiger partial charge in [-0.15, -0.1) is 18.0 Å². The van der Waals surface area contributed by atoms with E-state index in [2.05, 4.69) is 21.2 Å². The molecule has 0 saturated heterocycles. The number of aryl methyl sites for hydroxylation is 1. The third-order valence-electron chi connectivity index (χ3n) is 4.63. The Hall–Kier alpha value is -3.30. The average molecular weight is 423 g/mol. The molecule has 3 rings (SSSR count). The minimum absolute atomic E-state index is 0.133. The third kappa shape index (κ3) is 5.19. The van der Waals surface area contributed by atoms with E-state index in [9.17, 15) is 9.59 Å². The van der Waals surface area contributed by atoms with Gasteiger partial charge in [-0.2, -0.15) is 0 Å². The maximum absolute atomic E-state index is 12.2. The molecule has 0 atom stereocenters. The van der Waals surface area contributed by atoms with Crippen molar-refractivity contribution in [3.63, 3.8) is 0 Å². The van der Waals surface area contributed by atoms with Gasteiger partial charge in [0.15, 0.2) is 0 Å². The van der Waals surface area contributed by atoms with Crippen LogP contribution < -0.4 is 15.8 Å². The van der Waals surface area contributed by atoms with Gasteiger partial charge in [-0.1, -0.05) is 12.0 Å². The van der Waals surface area contributed by atoms with Crippen molar-refractivity contribution in [1.82, 2.24) is 15.3 Å². The molecule has 2 aromatic carbocycles. The predicted molar refractivity (Wildman–Crippen MR) is 121 cm³/mol. The number of halogens is 1. The zero-order valence-electron chi connectivity index (χ0n) is 16.7. The van der Waals surface area contributed by atoms with E-state index in [4.69, 9.17) is 18.0 Å². The summed E-state index contributed by atoms with van der Waals surface area (Å²) >= 11 is 5.64. The lowest BCUT2D eigenvalue weighted by Gasteiger charge is -2.23. The van der Waals surface area contributed by atoms with Crippen molar-refractivity contribution in [3.05, 3.63) is 69.8 Å². The molecule has 154 valence electrons. The summed E-state index contributed by atoms with van der Waals surface area (Å²) in [5.41, 5.74) is 2.91. The second-order valence-corrected chi connectivity index (χ2v) is 7.29. The number of hydrogen-bond donors (Lipinski definition) is 2. The van der Waals surface area contributed by atoms with Crippen LogP contribution >= 0.6 is 11.6 Å². The fourth-order valence-electron chi connectivity index (χ4n) is 3.16. The number of fused-ring (bicyclic) bond motifs is 1.